The van der Waals surface area contributed by atoms with Crippen LogP contribution in [0.3, 0.4) is 0 Å². The van der Waals surface area contributed by atoms with Crippen LogP contribution in [0.25, 0.3) is 11.3 Å². The molecule has 11 atom stereocenters. The predicted octanol–water partition coefficient (Wildman–Crippen LogP) is 13.5. The van der Waals surface area contributed by atoms with Crippen molar-refractivity contribution in [2.45, 2.75) is 161 Å². The number of rotatable bonds is 9. The van der Waals surface area contributed by atoms with Crippen molar-refractivity contribution in [2.24, 2.45) is 74.4 Å². The van der Waals surface area contributed by atoms with Gasteiger partial charge in [0.25, 0.3) is 0 Å². The Morgan fingerprint density at radius 1 is 0.866 bits per heavy atom. The molecule has 1 amide bonds. The number of alkyl halides is 3. The number of carbonyl (C=O) groups excluding carboxylic acids is 2. The van der Waals surface area contributed by atoms with Gasteiger partial charge in [0.1, 0.15) is 11.9 Å². The van der Waals surface area contributed by atoms with Crippen molar-refractivity contribution < 1.29 is 42.1 Å². The predicted molar refractivity (Wildman–Crippen MR) is 251 cm³/mol. The van der Waals surface area contributed by atoms with Crippen LogP contribution >= 0.6 is 11.6 Å². The number of hydrogen-bond donors (Lipinski definition) is 2. The molecule has 0 aliphatic heterocycles. The van der Waals surface area contributed by atoms with E-state index in [2.05, 4.69) is 52.8 Å². The third-order valence-electron chi connectivity index (χ3n) is 21.0. The lowest BCUT2D eigenvalue weighted by Gasteiger charge is -2.71. The zero-order valence-corrected chi connectivity index (χ0v) is 40.9. The topological polar surface area (TPSA) is 100 Å². The Balaban J connectivity index is 0.957. The van der Waals surface area contributed by atoms with Gasteiger partial charge in [0.15, 0.2) is 5.76 Å². The SMILES string of the molecule is CC1CCC(C(C)C)C(OC(=O)N(CC23CC4CC(CC(C4)C2)C3)CC2(O)CCC3C45C=CC6(C=C4C(=O)c4ccc(-c7cc(C(F)(F)F)ccc7Cl)o4)CC(O)CCC6(C)C5CCC32C)C1. The van der Waals surface area contributed by atoms with Gasteiger partial charge in [0.2, 0.25) is 5.78 Å². The standard InChI is InChI=1S/C56H71ClF3NO6/c1-32(2)39-8-6-33(3)20-45(39)67-49(64)61(30-52-25-34-21-35(26-52)23-36(22-34)27-52)31-54(65)17-14-47-51(54,5)16-13-46-50(4)15-12-38(62)28-53(50)18-19-55(46,47)41(29-53)48(63)44-11-10-43(66-44)40-24-37(56(58,59)60)7-9-42(40)57/h7,9-11,18-19,24,29,32-36,38-39,45-47,62,65H,6,8,12-17,20-23,25-28,30-31H2,1-5H3. The lowest BCUT2D eigenvalue weighted by molar-refractivity contribution is -0.177. The van der Waals surface area contributed by atoms with Crippen LogP contribution in [0.2, 0.25) is 5.02 Å². The van der Waals surface area contributed by atoms with Crippen LogP contribution < -0.4 is 0 Å². The van der Waals surface area contributed by atoms with Crippen molar-refractivity contribution in [1.82, 2.24) is 4.90 Å². The monoisotopic (exact) mass is 945 g/mol. The second kappa shape index (κ2) is 15.7. The summed E-state index contributed by atoms with van der Waals surface area (Å²) in [5.74, 6) is 2.85. The first kappa shape index (κ1) is 46.3. The minimum absolute atomic E-state index is 0.0139. The fourth-order valence-electron chi connectivity index (χ4n) is 18.1. The van der Waals surface area contributed by atoms with Crippen molar-refractivity contribution in [3.63, 3.8) is 0 Å². The minimum Gasteiger partial charge on any atom is -0.453 e. The molecule has 11 aliphatic carbocycles. The number of ketones is 1. The lowest BCUT2D eigenvalue weighted by Crippen LogP contribution is -2.67. The fourth-order valence-corrected chi connectivity index (χ4v) is 18.3. The van der Waals surface area contributed by atoms with Gasteiger partial charge < -0.3 is 24.3 Å². The number of fused-ring (bicyclic) bond motifs is 1. The molecule has 2 N–H and O–H groups in total. The number of amides is 1. The number of furan rings is 1. The fraction of sp³-hybridized carbons (Fsp3) is 0.714. The van der Waals surface area contributed by atoms with E-state index in [0.717, 1.165) is 69.9 Å². The first-order valence-electron chi connectivity index (χ1n) is 25.9. The number of ether oxygens (including phenoxy) is 1. The molecule has 364 valence electrons. The molecule has 11 heteroatoms. The van der Waals surface area contributed by atoms with Gasteiger partial charge in [-0.1, -0.05) is 70.9 Å². The third kappa shape index (κ3) is 7.06. The summed E-state index contributed by atoms with van der Waals surface area (Å²) >= 11 is 6.47. The highest BCUT2D eigenvalue weighted by Crippen LogP contribution is 2.78. The number of allylic oxidation sites excluding steroid dienone is 4. The van der Waals surface area contributed by atoms with Gasteiger partial charge in [0, 0.05) is 33.9 Å². The largest absolute Gasteiger partial charge is 0.453 e. The minimum atomic E-state index is -4.60. The van der Waals surface area contributed by atoms with E-state index in [1.165, 1.54) is 37.5 Å². The number of aliphatic hydroxyl groups excluding tert-OH is 1. The highest BCUT2D eigenvalue weighted by Gasteiger charge is 2.75. The molecule has 0 radical (unpaired) electrons. The van der Waals surface area contributed by atoms with Crippen molar-refractivity contribution in [3.8, 4) is 11.3 Å². The van der Waals surface area contributed by atoms with Crippen LogP contribution in [0.5, 0.6) is 0 Å². The first-order chi connectivity index (χ1) is 31.6. The van der Waals surface area contributed by atoms with Crippen molar-refractivity contribution in [1.29, 1.82) is 0 Å². The molecule has 2 aromatic rings. The number of Topliss-reactive ketones (excluding diaryl/α,β-unsaturated/α-hetero) is 1. The molecule has 1 heterocycles. The Kier molecular flexibility index (Phi) is 10.9. The molecular weight excluding hydrogens is 875 g/mol. The van der Waals surface area contributed by atoms with E-state index in [1.54, 1.807) is 0 Å². The molecule has 0 saturated heterocycles. The summed E-state index contributed by atoms with van der Waals surface area (Å²) in [5, 5.41) is 25.0. The maximum absolute atomic E-state index is 15.4. The van der Waals surface area contributed by atoms with Crippen LogP contribution in [-0.4, -0.2) is 57.9 Å². The van der Waals surface area contributed by atoms with Gasteiger partial charge in [-0.15, -0.1) is 0 Å². The summed E-state index contributed by atoms with van der Waals surface area (Å²) in [6, 6.07) is 6.13. The average molecular weight is 947 g/mol. The van der Waals surface area contributed by atoms with Gasteiger partial charge in [-0.25, -0.2) is 4.79 Å². The van der Waals surface area contributed by atoms with E-state index in [-0.39, 0.29) is 69.3 Å². The highest BCUT2D eigenvalue weighted by atomic mass is 35.5. The lowest BCUT2D eigenvalue weighted by atomic mass is 9.32. The molecule has 6 bridgehead atoms. The van der Waals surface area contributed by atoms with Gasteiger partial charge >= 0.3 is 12.3 Å². The smallest absolute Gasteiger partial charge is 0.416 e. The number of halogens is 4. The van der Waals surface area contributed by atoms with E-state index in [1.807, 2.05) is 4.90 Å². The Hall–Kier alpha value is -3.08. The van der Waals surface area contributed by atoms with Crippen molar-refractivity contribution >= 4 is 23.5 Å². The normalized spacial score (nSPS) is 43.7. The van der Waals surface area contributed by atoms with Gasteiger partial charge in [-0.3, -0.25) is 4.79 Å². The quantitative estimate of drug-likeness (QED) is 0.192. The zero-order valence-electron chi connectivity index (χ0n) is 40.1. The number of hydrogen-bond acceptors (Lipinski definition) is 6. The maximum Gasteiger partial charge on any atom is 0.416 e. The summed E-state index contributed by atoms with van der Waals surface area (Å²) in [6.45, 7) is 12.1. The Morgan fingerprint density at radius 3 is 2.22 bits per heavy atom. The molecule has 67 heavy (non-hydrogen) atoms. The van der Waals surface area contributed by atoms with Gasteiger partial charge in [-0.2, -0.15) is 13.2 Å². The average Bonchev–Trinajstić information content (AvgIpc) is 3.84. The number of nitrogens with zero attached hydrogens (tertiary/aromatic N) is 1. The van der Waals surface area contributed by atoms with Gasteiger partial charge in [-0.05, 0) is 185 Å². The van der Waals surface area contributed by atoms with Crippen LogP contribution in [0.15, 0.2) is 58.6 Å². The van der Waals surface area contributed by atoms with Crippen LogP contribution in [0.1, 0.15) is 153 Å². The van der Waals surface area contributed by atoms with Gasteiger partial charge in [0.05, 0.1) is 28.8 Å². The van der Waals surface area contributed by atoms with Crippen LogP contribution in [0, 0.1) is 74.4 Å². The van der Waals surface area contributed by atoms with E-state index in [0.29, 0.717) is 73.3 Å². The van der Waals surface area contributed by atoms with Crippen LogP contribution in [0.4, 0.5) is 18.0 Å². The molecule has 7 nitrogen and oxygen atoms in total. The second-order valence-corrected chi connectivity index (χ2v) is 25.4. The molecule has 8 saturated carbocycles. The van der Waals surface area contributed by atoms with Crippen molar-refractivity contribution in [2.75, 3.05) is 13.1 Å². The van der Waals surface area contributed by atoms with E-state index in [9.17, 15) is 23.4 Å². The Labute approximate surface area is 399 Å². The van der Waals surface area contributed by atoms with E-state index in [4.69, 9.17) is 20.8 Å². The molecular formula is C56H71ClF3NO6. The Bertz CT molecular complexity index is 2350. The molecule has 11 unspecified atom stereocenters. The molecule has 1 aromatic carbocycles. The Morgan fingerprint density at radius 2 is 1.54 bits per heavy atom. The summed E-state index contributed by atoms with van der Waals surface area (Å²) in [5.41, 5.74) is -3.85. The molecule has 8 fully saturated rings. The number of carbonyl (C=O) groups is 2. The molecule has 11 aliphatic rings. The number of benzene rings is 1. The van der Waals surface area contributed by atoms with E-state index < -0.39 is 39.7 Å². The summed E-state index contributed by atoms with van der Waals surface area (Å²) < 4.78 is 54.5. The molecule has 13 rings (SSSR count). The first-order valence-corrected chi connectivity index (χ1v) is 26.3. The highest BCUT2D eigenvalue weighted by molar-refractivity contribution is 6.33. The summed E-state index contributed by atoms with van der Waals surface area (Å²) in [6.07, 6.45) is 15.9. The maximum atomic E-state index is 15.4. The zero-order chi connectivity index (χ0) is 47.3. The molecule has 1 aromatic heterocycles. The number of aliphatic hydroxyl groups is 2. The third-order valence-corrected chi connectivity index (χ3v) is 21.3. The van der Waals surface area contributed by atoms with Crippen LogP contribution in [-0.2, 0) is 10.9 Å². The molecule has 2 spiro atoms. The van der Waals surface area contributed by atoms with E-state index >= 15 is 9.59 Å². The summed E-state index contributed by atoms with van der Waals surface area (Å²) in [7, 11) is 0. The second-order valence-electron chi connectivity index (χ2n) is 25.0. The summed E-state index contributed by atoms with van der Waals surface area (Å²) in [4.78, 5) is 32.5. The van der Waals surface area contributed by atoms with Crippen molar-refractivity contribution in [3.05, 3.63) is 70.5 Å².